The molecule has 0 spiro atoms. The molecule has 1 aliphatic carbocycles. The number of ether oxygens (including phenoxy) is 1. The molecule has 2 rings (SSSR count). The Morgan fingerprint density at radius 1 is 1.24 bits per heavy atom. The molecule has 0 amide bonds. The molecule has 1 saturated carbocycles. The number of carbonyl (C=O) groups is 1. The summed E-state index contributed by atoms with van der Waals surface area (Å²) in [5, 5.41) is 0. The van der Waals surface area contributed by atoms with Crippen molar-refractivity contribution in [3.63, 3.8) is 0 Å². The van der Waals surface area contributed by atoms with E-state index < -0.39 is 0 Å². The molecule has 1 aromatic rings. The summed E-state index contributed by atoms with van der Waals surface area (Å²) in [5.41, 5.74) is 1.26. The first-order valence-corrected chi connectivity index (χ1v) is 6.65. The third-order valence-corrected chi connectivity index (χ3v) is 3.54. The highest BCUT2D eigenvalue weighted by Crippen LogP contribution is 2.34. The minimum Gasteiger partial charge on any atom is -0.461 e. The molecular weight excluding hydrogens is 236 g/mol. The Bertz CT molecular complexity index is 364. The first-order valence-electron chi connectivity index (χ1n) is 6.11. The number of esters is 1. The van der Waals surface area contributed by atoms with E-state index in [0.29, 0.717) is 5.92 Å². The second-order valence-corrected chi connectivity index (χ2v) is 4.73. The zero-order chi connectivity index (χ0) is 12.1. The number of benzene rings is 1. The molecule has 1 aromatic carbocycles. The maximum atomic E-state index is 11.3. The minimum absolute atomic E-state index is 0.00241. The normalized spacial score (nSPS) is 24.3. The Balaban J connectivity index is 2.09. The molecule has 0 unspecified atom stereocenters. The van der Waals surface area contributed by atoms with Crippen LogP contribution in [0.3, 0.4) is 0 Å². The summed E-state index contributed by atoms with van der Waals surface area (Å²) in [7, 11) is 0. The maximum Gasteiger partial charge on any atom is 0.321 e. The van der Waals surface area contributed by atoms with Crippen LogP contribution < -0.4 is 0 Å². The van der Waals surface area contributed by atoms with Crippen LogP contribution in [0.5, 0.6) is 0 Å². The lowest BCUT2D eigenvalue weighted by Gasteiger charge is -2.31. The summed E-state index contributed by atoms with van der Waals surface area (Å²) in [6.45, 7) is 0. The zero-order valence-corrected chi connectivity index (χ0v) is 10.5. The van der Waals surface area contributed by atoms with Crippen molar-refractivity contribution in [2.24, 2.45) is 0 Å². The van der Waals surface area contributed by atoms with Gasteiger partial charge in [-0.15, -0.1) is 11.6 Å². The van der Waals surface area contributed by atoms with Gasteiger partial charge < -0.3 is 4.74 Å². The van der Waals surface area contributed by atoms with Gasteiger partial charge in [-0.1, -0.05) is 36.8 Å². The summed E-state index contributed by atoms with van der Waals surface area (Å²) in [6.07, 6.45) is 4.36. The van der Waals surface area contributed by atoms with E-state index in [1.807, 2.05) is 18.2 Å². The fraction of sp³-hybridized carbons (Fsp3) is 0.500. The molecule has 0 radical (unpaired) electrons. The van der Waals surface area contributed by atoms with Crippen molar-refractivity contribution < 1.29 is 9.53 Å². The van der Waals surface area contributed by atoms with Crippen molar-refractivity contribution in [1.29, 1.82) is 0 Å². The van der Waals surface area contributed by atoms with Crippen LogP contribution in [0.4, 0.5) is 0 Å². The lowest BCUT2D eigenvalue weighted by atomic mass is 9.81. The molecule has 0 aromatic heterocycles. The number of carbonyl (C=O) groups excluding carboxylic acids is 1. The van der Waals surface area contributed by atoms with E-state index in [-0.39, 0.29) is 18.0 Å². The van der Waals surface area contributed by atoms with Gasteiger partial charge in [-0.05, 0) is 24.8 Å². The number of rotatable bonds is 3. The van der Waals surface area contributed by atoms with E-state index in [0.717, 1.165) is 19.3 Å². The number of halogens is 1. The number of hydrogen-bond acceptors (Lipinski definition) is 2. The van der Waals surface area contributed by atoms with Crippen LogP contribution in [0.15, 0.2) is 30.3 Å². The smallest absolute Gasteiger partial charge is 0.321 e. The molecule has 1 aliphatic rings. The van der Waals surface area contributed by atoms with Gasteiger partial charge in [0.1, 0.15) is 12.0 Å². The fourth-order valence-electron chi connectivity index (χ4n) is 2.52. The molecule has 17 heavy (non-hydrogen) atoms. The average molecular weight is 253 g/mol. The highest BCUT2D eigenvalue weighted by molar-refractivity contribution is 6.26. The predicted molar refractivity (Wildman–Crippen MR) is 68.3 cm³/mol. The van der Waals surface area contributed by atoms with Crippen molar-refractivity contribution >= 4 is 17.6 Å². The quantitative estimate of drug-likeness (QED) is 0.608. The van der Waals surface area contributed by atoms with Gasteiger partial charge in [-0.2, -0.15) is 0 Å². The van der Waals surface area contributed by atoms with E-state index in [2.05, 4.69) is 12.1 Å². The van der Waals surface area contributed by atoms with Gasteiger partial charge in [0.2, 0.25) is 0 Å². The highest BCUT2D eigenvalue weighted by Gasteiger charge is 2.29. The predicted octanol–water partition coefficient (Wildman–Crippen LogP) is 3.49. The fourth-order valence-corrected chi connectivity index (χ4v) is 2.58. The van der Waals surface area contributed by atoms with E-state index in [4.69, 9.17) is 16.3 Å². The van der Waals surface area contributed by atoms with Crippen molar-refractivity contribution in [1.82, 2.24) is 0 Å². The molecule has 1 fully saturated rings. The molecule has 3 heteroatoms. The van der Waals surface area contributed by atoms with Crippen molar-refractivity contribution in [3.8, 4) is 0 Å². The van der Waals surface area contributed by atoms with Crippen LogP contribution in [0.1, 0.15) is 37.2 Å². The van der Waals surface area contributed by atoms with Crippen LogP contribution in [0.2, 0.25) is 0 Å². The SMILES string of the molecule is O=C(CCl)O[C@@H]1CCCC[C@@H]1c1ccccc1. The van der Waals surface area contributed by atoms with Crippen LogP contribution >= 0.6 is 11.6 Å². The van der Waals surface area contributed by atoms with Crippen molar-refractivity contribution in [2.45, 2.75) is 37.7 Å². The lowest BCUT2D eigenvalue weighted by molar-refractivity contribution is -0.148. The summed E-state index contributed by atoms with van der Waals surface area (Å²) in [6, 6.07) is 10.3. The largest absolute Gasteiger partial charge is 0.461 e. The Morgan fingerprint density at radius 2 is 1.94 bits per heavy atom. The van der Waals surface area contributed by atoms with Crippen LogP contribution in [-0.4, -0.2) is 18.0 Å². The molecule has 0 N–H and O–H groups in total. The van der Waals surface area contributed by atoms with E-state index >= 15 is 0 Å². The molecule has 0 aliphatic heterocycles. The second-order valence-electron chi connectivity index (χ2n) is 4.46. The van der Waals surface area contributed by atoms with Gasteiger partial charge in [0.05, 0.1) is 0 Å². The third kappa shape index (κ3) is 3.22. The Morgan fingerprint density at radius 3 is 2.65 bits per heavy atom. The standard InChI is InChI=1S/C14H17ClO2/c15-10-14(16)17-13-9-5-4-8-12(13)11-6-2-1-3-7-11/h1-3,6-7,12-13H,4-5,8-10H2/t12-,13-/m1/s1. The van der Waals surface area contributed by atoms with Crippen LogP contribution in [0, 0.1) is 0 Å². The molecule has 0 bridgehead atoms. The highest BCUT2D eigenvalue weighted by atomic mass is 35.5. The summed E-state index contributed by atoms with van der Waals surface area (Å²) >= 11 is 5.49. The van der Waals surface area contributed by atoms with Gasteiger partial charge in [0, 0.05) is 5.92 Å². The maximum absolute atomic E-state index is 11.3. The number of hydrogen-bond donors (Lipinski definition) is 0. The Hall–Kier alpha value is -1.02. The van der Waals surface area contributed by atoms with Gasteiger partial charge in [0.25, 0.3) is 0 Å². The van der Waals surface area contributed by atoms with Gasteiger partial charge >= 0.3 is 5.97 Å². The van der Waals surface area contributed by atoms with E-state index in [1.165, 1.54) is 12.0 Å². The first kappa shape index (κ1) is 12.4. The van der Waals surface area contributed by atoms with Crippen molar-refractivity contribution in [2.75, 3.05) is 5.88 Å². The number of alkyl halides is 1. The minimum atomic E-state index is -0.306. The summed E-state index contributed by atoms with van der Waals surface area (Å²) in [5.74, 6) is -0.0329. The topological polar surface area (TPSA) is 26.3 Å². The Kier molecular flexibility index (Phi) is 4.43. The van der Waals surface area contributed by atoms with Gasteiger partial charge in [0.15, 0.2) is 0 Å². The van der Waals surface area contributed by atoms with E-state index in [9.17, 15) is 4.79 Å². The Labute approximate surface area is 107 Å². The monoisotopic (exact) mass is 252 g/mol. The van der Waals surface area contributed by atoms with Crippen LogP contribution in [0.25, 0.3) is 0 Å². The third-order valence-electron chi connectivity index (χ3n) is 3.32. The molecule has 2 atom stereocenters. The van der Waals surface area contributed by atoms with E-state index in [1.54, 1.807) is 0 Å². The molecule has 0 saturated heterocycles. The average Bonchev–Trinajstić information content (AvgIpc) is 2.40. The van der Waals surface area contributed by atoms with Gasteiger partial charge in [-0.3, -0.25) is 4.79 Å². The first-order chi connectivity index (χ1) is 8.31. The summed E-state index contributed by atoms with van der Waals surface area (Å²) in [4.78, 5) is 11.3. The zero-order valence-electron chi connectivity index (χ0n) is 9.77. The molecule has 0 heterocycles. The molecule has 2 nitrogen and oxygen atoms in total. The molecular formula is C14H17ClO2. The lowest BCUT2D eigenvalue weighted by Crippen LogP contribution is -2.29. The molecule has 92 valence electrons. The second kappa shape index (κ2) is 6.06. The van der Waals surface area contributed by atoms with Crippen molar-refractivity contribution in [3.05, 3.63) is 35.9 Å². The summed E-state index contributed by atoms with van der Waals surface area (Å²) < 4.78 is 5.44. The van der Waals surface area contributed by atoms with Crippen LogP contribution in [-0.2, 0) is 9.53 Å². The van der Waals surface area contributed by atoms with Gasteiger partial charge in [-0.25, -0.2) is 0 Å².